The number of carbonyl (C=O) groups is 1. The maximum Gasteiger partial charge on any atom is 0.251 e. The average Bonchev–Trinajstić information content (AvgIpc) is 3.28. The van der Waals surface area contributed by atoms with Crippen molar-refractivity contribution in [2.45, 2.75) is 25.3 Å². The normalized spacial score (nSPS) is 11.4. The first-order valence-corrected chi connectivity index (χ1v) is 12.5. The lowest BCUT2D eigenvalue weighted by molar-refractivity contribution is 0.0950. The van der Waals surface area contributed by atoms with E-state index in [-0.39, 0.29) is 23.9 Å². The maximum atomic E-state index is 13.0. The van der Waals surface area contributed by atoms with Gasteiger partial charge in [0.15, 0.2) is 0 Å². The second-order valence-corrected chi connectivity index (χ2v) is 9.58. The molecule has 4 rings (SSSR count). The molecule has 0 aliphatic carbocycles. The number of para-hydroxylation sites is 1. The predicted octanol–water partition coefficient (Wildman–Crippen LogP) is 4.08. The summed E-state index contributed by atoms with van der Waals surface area (Å²) in [6, 6.07) is 24.1. The number of benzene rings is 3. The molecule has 0 fully saturated rings. The predicted molar refractivity (Wildman–Crippen MR) is 132 cm³/mol. The molecule has 7 nitrogen and oxygen atoms in total. The molecule has 0 bridgehead atoms. The van der Waals surface area contributed by atoms with Crippen LogP contribution in [0.4, 0.5) is 0 Å². The molecule has 0 saturated heterocycles. The second-order valence-electron chi connectivity index (χ2n) is 7.81. The van der Waals surface area contributed by atoms with Crippen molar-refractivity contribution in [1.82, 2.24) is 19.8 Å². The zero-order valence-corrected chi connectivity index (χ0v) is 19.8. The smallest absolute Gasteiger partial charge is 0.251 e. The van der Waals surface area contributed by atoms with Gasteiger partial charge in [-0.15, -0.1) is 0 Å². The molecule has 1 heterocycles. The van der Waals surface area contributed by atoms with Crippen LogP contribution >= 0.6 is 0 Å². The molecule has 3 aromatic carbocycles. The molecule has 0 aliphatic heterocycles. The molecule has 0 aliphatic rings. The van der Waals surface area contributed by atoms with Crippen molar-refractivity contribution < 1.29 is 13.2 Å². The summed E-state index contributed by atoms with van der Waals surface area (Å²) in [5.41, 5.74) is 4.47. The molecule has 0 saturated carbocycles. The third-order valence-corrected chi connectivity index (χ3v) is 6.94. The van der Waals surface area contributed by atoms with E-state index in [4.69, 9.17) is 5.10 Å². The highest BCUT2D eigenvalue weighted by Crippen LogP contribution is 2.24. The van der Waals surface area contributed by atoms with Gasteiger partial charge in [-0.25, -0.2) is 17.8 Å². The van der Waals surface area contributed by atoms with Gasteiger partial charge in [0.05, 0.1) is 16.3 Å². The van der Waals surface area contributed by atoms with Gasteiger partial charge in [0, 0.05) is 36.0 Å². The van der Waals surface area contributed by atoms with Crippen LogP contribution < -0.4 is 10.0 Å². The lowest BCUT2D eigenvalue weighted by atomic mass is 10.1. The summed E-state index contributed by atoms with van der Waals surface area (Å²) in [6.07, 6.45) is 1.90. The van der Waals surface area contributed by atoms with Crippen LogP contribution in [0.2, 0.25) is 0 Å². The Morgan fingerprint density at radius 2 is 1.65 bits per heavy atom. The fourth-order valence-electron chi connectivity index (χ4n) is 3.65. The van der Waals surface area contributed by atoms with Gasteiger partial charge in [-0.3, -0.25) is 4.79 Å². The minimum absolute atomic E-state index is 0.0620. The first-order valence-electron chi connectivity index (χ1n) is 11.0. The Kier molecular flexibility index (Phi) is 6.90. The number of nitrogens with one attached hydrogen (secondary N) is 2. The molecular formula is C26H26N4O3S. The van der Waals surface area contributed by atoms with Crippen molar-refractivity contribution in [2.24, 2.45) is 0 Å². The number of hydrogen-bond donors (Lipinski definition) is 2. The number of nitrogens with zero attached hydrogens (tertiary/aromatic N) is 2. The standard InChI is InChI=1S/C26H26N4O3S/c1-3-28-34(32,33)23-15-14-19(2)24(16-23)26(31)27-17-21-18-30(22-12-8-5-9-13-22)29-25(21)20-10-6-4-7-11-20/h4-16,18,28H,3,17H2,1-2H3,(H,27,31). The van der Waals surface area contributed by atoms with Crippen LogP contribution in [0.15, 0.2) is 90.0 Å². The lowest BCUT2D eigenvalue weighted by Gasteiger charge is -2.11. The zero-order valence-electron chi connectivity index (χ0n) is 19.0. The van der Waals surface area contributed by atoms with Crippen molar-refractivity contribution in [3.63, 3.8) is 0 Å². The molecule has 4 aromatic rings. The van der Waals surface area contributed by atoms with Crippen LogP contribution in [0.3, 0.4) is 0 Å². The summed E-state index contributed by atoms with van der Waals surface area (Å²) in [5, 5.41) is 7.70. The average molecular weight is 475 g/mol. The molecule has 0 radical (unpaired) electrons. The highest BCUT2D eigenvalue weighted by Gasteiger charge is 2.18. The molecule has 1 aromatic heterocycles. The zero-order chi connectivity index (χ0) is 24.1. The van der Waals surface area contributed by atoms with E-state index in [1.165, 1.54) is 12.1 Å². The van der Waals surface area contributed by atoms with Gasteiger partial charge in [-0.05, 0) is 36.8 Å². The molecule has 0 spiro atoms. The summed E-state index contributed by atoms with van der Waals surface area (Å²) in [6.45, 7) is 3.99. The van der Waals surface area contributed by atoms with Gasteiger partial charge in [0.2, 0.25) is 10.0 Å². The summed E-state index contributed by atoms with van der Waals surface area (Å²) in [4.78, 5) is 13.1. The van der Waals surface area contributed by atoms with Crippen LogP contribution in [-0.4, -0.2) is 30.7 Å². The number of amides is 1. The van der Waals surface area contributed by atoms with Gasteiger partial charge in [-0.1, -0.05) is 61.5 Å². The van der Waals surface area contributed by atoms with Gasteiger partial charge in [0.25, 0.3) is 5.91 Å². The Bertz CT molecular complexity index is 1400. The van der Waals surface area contributed by atoms with E-state index in [0.29, 0.717) is 11.1 Å². The molecule has 1 amide bonds. The van der Waals surface area contributed by atoms with Crippen LogP contribution in [0.25, 0.3) is 16.9 Å². The minimum Gasteiger partial charge on any atom is -0.348 e. The highest BCUT2D eigenvalue weighted by atomic mass is 32.2. The summed E-state index contributed by atoms with van der Waals surface area (Å²) in [7, 11) is -3.66. The third kappa shape index (κ3) is 5.08. The number of sulfonamides is 1. The first-order chi connectivity index (χ1) is 16.4. The van der Waals surface area contributed by atoms with E-state index < -0.39 is 10.0 Å². The van der Waals surface area contributed by atoms with Gasteiger partial charge < -0.3 is 5.32 Å². The number of rotatable bonds is 8. The number of carbonyl (C=O) groups excluding carboxylic acids is 1. The third-order valence-electron chi connectivity index (χ3n) is 5.40. The van der Waals surface area contributed by atoms with Crippen molar-refractivity contribution in [1.29, 1.82) is 0 Å². The fourth-order valence-corrected chi connectivity index (χ4v) is 4.71. The largest absolute Gasteiger partial charge is 0.348 e. The summed E-state index contributed by atoms with van der Waals surface area (Å²) < 4.78 is 29.0. The first kappa shape index (κ1) is 23.4. The van der Waals surface area contributed by atoms with Crippen molar-refractivity contribution >= 4 is 15.9 Å². The molecule has 8 heteroatoms. The topological polar surface area (TPSA) is 93.1 Å². The van der Waals surface area contributed by atoms with Crippen molar-refractivity contribution in [3.05, 3.63) is 102 Å². The molecule has 0 atom stereocenters. The molecule has 0 unspecified atom stereocenters. The molecule has 34 heavy (non-hydrogen) atoms. The van der Waals surface area contributed by atoms with Gasteiger partial charge in [-0.2, -0.15) is 5.10 Å². The van der Waals surface area contributed by atoms with E-state index >= 15 is 0 Å². The minimum atomic E-state index is -3.66. The SMILES string of the molecule is CCNS(=O)(=O)c1ccc(C)c(C(=O)NCc2cn(-c3ccccc3)nc2-c2ccccc2)c1. The van der Waals surface area contributed by atoms with Crippen LogP contribution in [-0.2, 0) is 16.6 Å². The van der Waals surface area contributed by atoms with E-state index in [1.807, 2.05) is 66.9 Å². The van der Waals surface area contributed by atoms with E-state index in [2.05, 4.69) is 10.0 Å². The molecule has 174 valence electrons. The van der Waals surface area contributed by atoms with Crippen molar-refractivity contribution in [2.75, 3.05) is 6.54 Å². The summed E-state index contributed by atoms with van der Waals surface area (Å²) >= 11 is 0. The van der Waals surface area contributed by atoms with E-state index in [1.54, 1.807) is 24.6 Å². The van der Waals surface area contributed by atoms with Gasteiger partial charge in [0.1, 0.15) is 0 Å². The van der Waals surface area contributed by atoms with E-state index in [0.717, 1.165) is 22.5 Å². The second kappa shape index (κ2) is 10.0. The van der Waals surface area contributed by atoms with Gasteiger partial charge >= 0.3 is 0 Å². The fraction of sp³-hybridized carbons (Fsp3) is 0.154. The Morgan fingerprint density at radius 3 is 2.32 bits per heavy atom. The quantitative estimate of drug-likeness (QED) is 0.403. The lowest BCUT2D eigenvalue weighted by Crippen LogP contribution is -2.26. The Labute approximate surface area is 199 Å². The van der Waals surface area contributed by atoms with Crippen LogP contribution in [0.5, 0.6) is 0 Å². The van der Waals surface area contributed by atoms with Crippen LogP contribution in [0.1, 0.15) is 28.4 Å². The van der Waals surface area contributed by atoms with Crippen LogP contribution in [0, 0.1) is 6.92 Å². The molecule has 2 N–H and O–H groups in total. The van der Waals surface area contributed by atoms with Crippen molar-refractivity contribution in [3.8, 4) is 16.9 Å². The number of aromatic nitrogens is 2. The Balaban J connectivity index is 1.62. The molecular weight excluding hydrogens is 448 g/mol. The maximum absolute atomic E-state index is 13.0. The van der Waals surface area contributed by atoms with E-state index in [9.17, 15) is 13.2 Å². The summed E-state index contributed by atoms with van der Waals surface area (Å²) in [5.74, 6) is -0.350. The number of aryl methyl sites for hydroxylation is 1. The monoisotopic (exact) mass is 474 g/mol. The number of hydrogen-bond acceptors (Lipinski definition) is 4. The Morgan fingerprint density at radius 1 is 0.971 bits per heavy atom. The Hall–Kier alpha value is -3.75. The highest BCUT2D eigenvalue weighted by molar-refractivity contribution is 7.89.